The van der Waals surface area contributed by atoms with Crippen LogP contribution in [0, 0.1) is 6.92 Å². The van der Waals surface area contributed by atoms with Gasteiger partial charge in [0.15, 0.2) is 6.04 Å². The molecule has 1 aliphatic rings. The Labute approximate surface area is 200 Å². The lowest BCUT2D eigenvalue weighted by molar-refractivity contribution is -0.0686. The molecule has 3 atom stereocenters. The van der Waals surface area contributed by atoms with Gasteiger partial charge in [-0.05, 0) is 48.4 Å². The fourth-order valence-corrected chi connectivity index (χ4v) is 4.95. The molecule has 1 N–H and O–H groups in total. The molecule has 34 heavy (non-hydrogen) atoms. The summed E-state index contributed by atoms with van der Waals surface area (Å²) in [7, 11) is 3.20. The largest absolute Gasteiger partial charge is 0.521 e. The number of quaternary nitrogens is 1. The van der Waals surface area contributed by atoms with Gasteiger partial charge in [0.2, 0.25) is 6.23 Å². The van der Waals surface area contributed by atoms with E-state index in [4.69, 9.17) is 14.2 Å². The van der Waals surface area contributed by atoms with Crippen molar-refractivity contribution in [3.8, 4) is 11.5 Å². The van der Waals surface area contributed by atoms with E-state index in [1.807, 2.05) is 67.6 Å². The minimum Gasteiger partial charge on any atom is -0.497 e. The molecule has 1 heterocycles. The summed E-state index contributed by atoms with van der Waals surface area (Å²) >= 11 is 0. The van der Waals surface area contributed by atoms with E-state index in [1.54, 1.807) is 26.4 Å². The van der Waals surface area contributed by atoms with Gasteiger partial charge in [0, 0.05) is 17.2 Å². The van der Waals surface area contributed by atoms with Crippen LogP contribution >= 0.6 is 0 Å². The number of rotatable bonds is 7. The molecule has 0 spiro atoms. The van der Waals surface area contributed by atoms with E-state index in [0.717, 1.165) is 22.3 Å². The molecule has 6 heteroatoms. The summed E-state index contributed by atoms with van der Waals surface area (Å²) in [4.78, 5) is 13.3. The molecule has 0 fully saturated rings. The molecule has 6 nitrogen and oxygen atoms in total. The predicted molar refractivity (Wildman–Crippen MR) is 132 cm³/mol. The number of methoxy groups -OCH3 is 2. The molecule has 0 bridgehead atoms. The van der Waals surface area contributed by atoms with Gasteiger partial charge in [-0.1, -0.05) is 43.0 Å². The SMILES string of the molecule is C=CC1c2cc(OC)ccc2CC(OCc2ccccc2)[N+]1(C(=O)O)c1ccc(OC)cc1C. The lowest BCUT2D eigenvalue weighted by Gasteiger charge is -2.47. The van der Waals surface area contributed by atoms with Crippen LogP contribution in [0.15, 0.2) is 79.4 Å². The monoisotopic (exact) mass is 460 g/mol. The second-order valence-corrected chi connectivity index (χ2v) is 8.41. The Morgan fingerprint density at radius 1 is 1.06 bits per heavy atom. The van der Waals surface area contributed by atoms with E-state index in [-0.39, 0.29) is 0 Å². The molecule has 0 aliphatic carbocycles. The van der Waals surface area contributed by atoms with Gasteiger partial charge >= 0.3 is 6.09 Å². The summed E-state index contributed by atoms with van der Waals surface area (Å²) < 4.78 is 16.8. The van der Waals surface area contributed by atoms with Crippen LogP contribution in [0.2, 0.25) is 0 Å². The fourth-order valence-electron chi connectivity index (χ4n) is 4.95. The number of carbonyl (C=O) groups is 1. The highest BCUT2D eigenvalue weighted by Crippen LogP contribution is 2.48. The normalized spacial score (nSPS) is 21.4. The van der Waals surface area contributed by atoms with E-state index >= 15 is 0 Å². The maximum Gasteiger partial charge on any atom is 0.521 e. The highest BCUT2D eigenvalue weighted by atomic mass is 16.5. The van der Waals surface area contributed by atoms with Crippen LogP contribution in [0.5, 0.6) is 11.5 Å². The molecule has 3 unspecified atom stereocenters. The van der Waals surface area contributed by atoms with Gasteiger partial charge in [-0.25, -0.2) is 0 Å². The number of hydrogen-bond donors (Lipinski definition) is 1. The number of hydrogen-bond acceptors (Lipinski definition) is 4. The molecule has 0 aromatic heterocycles. The van der Waals surface area contributed by atoms with Gasteiger partial charge in [-0.2, -0.15) is 9.28 Å². The number of nitrogens with zero attached hydrogens (tertiary/aromatic N) is 1. The second-order valence-electron chi connectivity index (χ2n) is 8.41. The van der Waals surface area contributed by atoms with Gasteiger partial charge in [0.1, 0.15) is 17.2 Å². The lowest BCUT2D eigenvalue weighted by Crippen LogP contribution is -2.65. The first-order chi connectivity index (χ1) is 16.4. The zero-order valence-corrected chi connectivity index (χ0v) is 19.7. The average Bonchev–Trinajstić information content (AvgIpc) is 2.86. The van der Waals surface area contributed by atoms with E-state index in [1.165, 1.54) is 0 Å². The first kappa shape index (κ1) is 23.5. The standard InChI is InChI=1S/C28H29NO5/c1-5-25-24-17-23(33-4)12-11-21(24)16-27(34-18-20-9-7-6-8-10-20)29(25,28(30)31)26-14-13-22(32-3)15-19(26)2/h5-15,17,25,27H,1,16,18H2,2-4H3/p+1. The third-order valence-electron chi connectivity index (χ3n) is 6.59. The summed E-state index contributed by atoms with van der Waals surface area (Å²) in [5, 5.41) is 10.9. The van der Waals surface area contributed by atoms with Crippen LogP contribution in [0.3, 0.4) is 0 Å². The zero-order chi connectivity index (χ0) is 24.3. The van der Waals surface area contributed by atoms with Crippen molar-refractivity contribution in [2.75, 3.05) is 14.2 Å². The van der Waals surface area contributed by atoms with Crippen LogP contribution in [0.25, 0.3) is 0 Å². The number of benzene rings is 3. The van der Waals surface area contributed by atoms with Crippen LogP contribution in [-0.2, 0) is 17.8 Å². The molecule has 0 radical (unpaired) electrons. The Morgan fingerprint density at radius 2 is 1.74 bits per heavy atom. The number of ether oxygens (including phenoxy) is 3. The number of carboxylic acid groups (broad SMARTS) is 1. The van der Waals surface area contributed by atoms with Crippen molar-refractivity contribution in [2.45, 2.75) is 32.2 Å². The summed E-state index contributed by atoms with van der Waals surface area (Å²) in [6.45, 7) is 6.25. The number of fused-ring (bicyclic) bond motifs is 1. The van der Waals surface area contributed by atoms with E-state index in [2.05, 4.69) is 6.58 Å². The number of amides is 1. The molecular weight excluding hydrogens is 430 g/mol. The van der Waals surface area contributed by atoms with Crippen LogP contribution in [0.1, 0.15) is 28.3 Å². The molecule has 3 aromatic carbocycles. The Kier molecular flexibility index (Phi) is 6.72. The van der Waals surface area contributed by atoms with Crippen molar-refractivity contribution >= 4 is 11.8 Å². The minimum atomic E-state index is -1.01. The molecule has 4 rings (SSSR count). The molecule has 3 aromatic rings. The molecule has 176 valence electrons. The first-order valence-corrected chi connectivity index (χ1v) is 11.2. The van der Waals surface area contributed by atoms with E-state index in [0.29, 0.717) is 30.2 Å². The van der Waals surface area contributed by atoms with Gasteiger partial charge in [-0.3, -0.25) is 0 Å². The van der Waals surface area contributed by atoms with Crippen molar-refractivity contribution in [1.82, 2.24) is 4.48 Å². The quantitative estimate of drug-likeness (QED) is 0.345. The predicted octanol–water partition coefficient (Wildman–Crippen LogP) is 6.02. The van der Waals surface area contributed by atoms with Crippen LogP contribution < -0.4 is 14.0 Å². The lowest BCUT2D eigenvalue weighted by atomic mass is 9.87. The minimum absolute atomic E-state index is 0.295. The summed E-state index contributed by atoms with van der Waals surface area (Å²) in [6.07, 6.45) is 0.431. The van der Waals surface area contributed by atoms with E-state index in [9.17, 15) is 9.90 Å². The molecular formula is C28H30NO5+. The maximum absolute atomic E-state index is 13.3. The van der Waals surface area contributed by atoms with Gasteiger partial charge in [0.25, 0.3) is 0 Å². The van der Waals surface area contributed by atoms with Crippen molar-refractivity contribution < 1.29 is 24.1 Å². The molecule has 1 aliphatic heterocycles. The number of aryl methyl sites for hydroxylation is 1. The van der Waals surface area contributed by atoms with Gasteiger partial charge in [0.05, 0.1) is 27.2 Å². The Balaban J connectivity index is 1.92. The highest BCUT2D eigenvalue weighted by molar-refractivity contribution is 5.85. The van der Waals surface area contributed by atoms with Gasteiger partial charge < -0.3 is 19.3 Å². The molecule has 0 saturated heterocycles. The summed E-state index contributed by atoms with van der Waals surface area (Å²) in [6, 6.07) is 20.4. The van der Waals surface area contributed by atoms with Crippen molar-refractivity contribution in [3.63, 3.8) is 0 Å². The Bertz CT molecular complexity index is 1190. The third-order valence-corrected chi connectivity index (χ3v) is 6.59. The second kappa shape index (κ2) is 9.71. The van der Waals surface area contributed by atoms with E-state index < -0.39 is 22.8 Å². The Hall–Kier alpha value is -3.61. The smallest absolute Gasteiger partial charge is 0.497 e. The van der Waals surface area contributed by atoms with Crippen LogP contribution in [0.4, 0.5) is 10.5 Å². The highest BCUT2D eigenvalue weighted by Gasteiger charge is 2.57. The van der Waals surface area contributed by atoms with Crippen molar-refractivity contribution in [3.05, 3.63) is 102 Å². The maximum atomic E-state index is 13.3. The summed E-state index contributed by atoms with van der Waals surface area (Å²) in [5.74, 6) is 1.34. The van der Waals surface area contributed by atoms with Gasteiger partial charge in [-0.15, -0.1) is 0 Å². The van der Waals surface area contributed by atoms with Crippen molar-refractivity contribution in [2.24, 2.45) is 0 Å². The average molecular weight is 461 g/mol. The topological polar surface area (TPSA) is 65.0 Å². The van der Waals surface area contributed by atoms with Crippen LogP contribution in [-0.4, -0.2) is 31.6 Å². The zero-order valence-electron chi connectivity index (χ0n) is 19.7. The molecule has 1 amide bonds. The third kappa shape index (κ3) is 3.95. The Morgan fingerprint density at radius 3 is 2.35 bits per heavy atom. The van der Waals surface area contributed by atoms with Crippen molar-refractivity contribution in [1.29, 1.82) is 0 Å². The summed E-state index contributed by atoms with van der Waals surface area (Å²) in [5.41, 5.74) is 4.29. The first-order valence-electron chi connectivity index (χ1n) is 11.2. The molecule has 0 saturated carbocycles. The fraction of sp³-hybridized carbons (Fsp3) is 0.250.